The second-order valence-corrected chi connectivity index (χ2v) is 6.81. The van der Waals surface area contributed by atoms with Gasteiger partial charge in [-0.3, -0.25) is 9.78 Å². The normalized spacial score (nSPS) is 17.8. The van der Waals surface area contributed by atoms with Crippen molar-refractivity contribution >= 4 is 21.8 Å². The molecule has 0 spiro atoms. The maximum atomic E-state index is 12.8. The summed E-state index contributed by atoms with van der Waals surface area (Å²) >= 11 is 3.38. The highest BCUT2D eigenvalue weighted by Gasteiger charge is 2.30. The Bertz CT molecular complexity index is 714. The van der Waals surface area contributed by atoms with Gasteiger partial charge in [-0.25, -0.2) is 0 Å². The summed E-state index contributed by atoms with van der Waals surface area (Å²) in [7, 11) is 0. The summed E-state index contributed by atoms with van der Waals surface area (Å²) in [6.45, 7) is 5.05. The lowest BCUT2D eigenvalue weighted by molar-refractivity contribution is 0.0735. The van der Waals surface area contributed by atoms with Crippen LogP contribution in [0.3, 0.4) is 0 Å². The number of carbonyl (C=O) groups is 1. The van der Waals surface area contributed by atoms with Gasteiger partial charge in [-0.15, -0.1) is 0 Å². The monoisotopic (exact) mass is 358 g/mol. The number of rotatable bonds is 2. The van der Waals surface area contributed by atoms with Crippen molar-refractivity contribution in [1.29, 1.82) is 0 Å². The molecule has 3 nitrogen and oxygen atoms in total. The molecule has 1 atom stereocenters. The van der Waals surface area contributed by atoms with E-state index in [0.29, 0.717) is 5.56 Å². The predicted octanol–water partition coefficient (Wildman–Crippen LogP) is 4.44. The van der Waals surface area contributed by atoms with Crippen molar-refractivity contribution in [1.82, 2.24) is 9.88 Å². The Labute approximate surface area is 139 Å². The average molecular weight is 359 g/mol. The summed E-state index contributed by atoms with van der Waals surface area (Å²) in [5.41, 5.74) is 4.44. The lowest BCUT2D eigenvalue weighted by atomic mass is 9.99. The molecule has 2 aromatic rings. The summed E-state index contributed by atoms with van der Waals surface area (Å²) in [5, 5.41) is 0. The molecule has 2 heterocycles. The van der Waals surface area contributed by atoms with Crippen molar-refractivity contribution in [3.05, 3.63) is 63.4 Å². The molecule has 1 aromatic heterocycles. The molecule has 0 saturated carbocycles. The van der Waals surface area contributed by atoms with Crippen LogP contribution in [0.2, 0.25) is 0 Å². The maximum absolute atomic E-state index is 12.8. The summed E-state index contributed by atoms with van der Waals surface area (Å²) in [6.07, 6.45) is 5.41. The summed E-state index contributed by atoms with van der Waals surface area (Å²) < 4.78 is 0.834. The molecular formula is C18H19BrN2O. The number of aromatic nitrogens is 1. The standard InChI is InChI=1S/C18H19BrN2O/c1-12-5-6-14(8-13(12)2)17-4-3-7-21(17)18(22)15-9-16(19)11-20-10-15/h5-6,8-11,17H,3-4,7H2,1-2H3. The third kappa shape index (κ3) is 2.93. The molecule has 1 saturated heterocycles. The van der Waals surface area contributed by atoms with E-state index in [9.17, 15) is 4.79 Å². The van der Waals surface area contributed by atoms with E-state index in [-0.39, 0.29) is 11.9 Å². The lowest BCUT2D eigenvalue weighted by Crippen LogP contribution is -2.30. The smallest absolute Gasteiger partial charge is 0.255 e. The zero-order chi connectivity index (χ0) is 15.7. The first-order valence-corrected chi connectivity index (χ1v) is 8.34. The number of benzene rings is 1. The first kappa shape index (κ1) is 15.2. The fraction of sp³-hybridized carbons (Fsp3) is 0.333. The van der Waals surface area contributed by atoms with Gasteiger partial charge in [0.05, 0.1) is 11.6 Å². The molecule has 1 aliphatic heterocycles. The Kier molecular flexibility index (Phi) is 4.30. The van der Waals surface area contributed by atoms with E-state index < -0.39 is 0 Å². The van der Waals surface area contributed by atoms with Gasteiger partial charge in [-0.05, 0) is 65.4 Å². The molecule has 0 radical (unpaired) electrons. The molecule has 22 heavy (non-hydrogen) atoms. The minimum absolute atomic E-state index is 0.0644. The molecule has 3 rings (SSSR count). The van der Waals surface area contributed by atoms with E-state index in [0.717, 1.165) is 23.9 Å². The number of carbonyl (C=O) groups excluding carboxylic acids is 1. The zero-order valence-electron chi connectivity index (χ0n) is 12.8. The Morgan fingerprint density at radius 1 is 1.23 bits per heavy atom. The van der Waals surface area contributed by atoms with Crippen LogP contribution in [-0.2, 0) is 0 Å². The first-order valence-electron chi connectivity index (χ1n) is 7.55. The molecule has 1 amide bonds. The van der Waals surface area contributed by atoms with Gasteiger partial charge in [-0.1, -0.05) is 18.2 Å². The van der Waals surface area contributed by atoms with Gasteiger partial charge in [0, 0.05) is 23.4 Å². The summed E-state index contributed by atoms with van der Waals surface area (Å²) in [5.74, 6) is 0.0644. The quantitative estimate of drug-likeness (QED) is 0.794. The molecule has 1 fully saturated rings. The molecule has 0 aliphatic carbocycles. The Morgan fingerprint density at radius 2 is 2.05 bits per heavy atom. The van der Waals surface area contributed by atoms with E-state index in [1.54, 1.807) is 12.4 Å². The average Bonchev–Trinajstić information content (AvgIpc) is 2.98. The number of likely N-dealkylation sites (tertiary alicyclic amines) is 1. The van der Waals surface area contributed by atoms with Crippen LogP contribution in [-0.4, -0.2) is 22.3 Å². The van der Waals surface area contributed by atoms with Gasteiger partial charge >= 0.3 is 0 Å². The zero-order valence-corrected chi connectivity index (χ0v) is 14.4. The van der Waals surface area contributed by atoms with Crippen molar-refractivity contribution in [2.75, 3.05) is 6.54 Å². The van der Waals surface area contributed by atoms with E-state index in [2.05, 4.69) is 53.0 Å². The van der Waals surface area contributed by atoms with Crippen LogP contribution in [0.25, 0.3) is 0 Å². The third-order valence-electron chi connectivity index (χ3n) is 4.38. The van der Waals surface area contributed by atoms with Crippen molar-refractivity contribution in [3.63, 3.8) is 0 Å². The summed E-state index contributed by atoms with van der Waals surface area (Å²) in [6, 6.07) is 8.52. The molecule has 1 unspecified atom stereocenters. The highest BCUT2D eigenvalue weighted by atomic mass is 79.9. The number of hydrogen-bond donors (Lipinski definition) is 0. The molecule has 1 aliphatic rings. The van der Waals surface area contributed by atoms with Gasteiger partial charge < -0.3 is 4.90 Å². The third-order valence-corrected chi connectivity index (χ3v) is 4.81. The van der Waals surface area contributed by atoms with Gasteiger partial charge in [0.15, 0.2) is 0 Å². The van der Waals surface area contributed by atoms with Crippen molar-refractivity contribution in [2.45, 2.75) is 32.7 Å². The fourth-order valence-corrected chi connectivity index (χ4v) is 3.39. The highest BCUT2D eigenvalue weighted by Crippen LogP contribution is 2.34. The number of aryl methyl sites for hydroxylation is 2. The number of hydrogen-bond acceptors (Lipinski definition) is 2. The van der Waals surface area contributed by atoms with E-state index in [1.165, 1.54) is 16.7 Å². The Balaban J connectivity index is 1.89. The van der Waals surface area contributed by atoms with Crippen molar-refractivity contribution < 1.29 is 4.79 Å². The largest absolute Gasteiger partial charge is 0.332 e. The van der Waals surface area contributed by atoms with Crippen molar-refractivity contribution in [3.8, 4) is 0 Å². The predicted molar refractivity (Wildman–Crippen MR) is 90.9 cm³/mol. The number of pyridine rings is 1. The molecule has 4 heteroatoms. The lowest BCUT2D eigenvalue weighted by Gasteiger charge is -2.25. The Hall–Kier alpha value is -1.68. The van der Waals surface area contributed by atoms with Crippen LogP contribution >= 0.6 is 15.9 Å². The fourth-order valence-electron chi connectivity index (χ4n) is 3.02. The summed E-state index contributed by atoms with van der Waals surface area (Å²) in [4.78, 5) is 18.9. The van der Waals surface area contributed by atoms with Crippen LogP contribution in [0.15, 0.2) is 41.1 Å². The van der Waals surface area contributed by atoms with Gasteiger partial charge in [-0.2, -0.15) is 0 Å². The van der Waals surface area contributed by atoms with Gasteiger partial charge in [0.2, 0.25) is 0 Å². The number of halogens is 1. The Morgan fingerprint density at radius 3 is 2.77 bits per heavy atom. The van der Waals surface area contributed by atoms with Gasteiger partial charge in [0.1, 0.15) is 0 Å². The maximum Gasteiger partial charge on any atom is 0.255 e. The molecular weight excluding hydrogens is 340 g/mol. The van der Waals surface area contributed by atoms with E-state index in [1.807, 2.05) is 11.0 Å². The minimum atomic E-state index is 0.0644. The van der Waals surface area contributed by atoms with E-state index in [4.69, 9.17) is 0 Å². The minimum Gasteiger partial charge on any atom is -0.332 e. The molecule has 0 N–H and O–H groups in total. The molecule has 0 bridgehead atoms. The second-order valence-electron chi connectivity index (χ2n) is 5.89. The first-order chi connectivity index (χ1) is 10.6. The van der Waals surface area contributed by atoms with Crippen LogP contribution in [0.5, 0.6) is 0 Å². The van der Waals surface area contributed by atoms with Gasteiger partial charge in [0.25, 0.3) is 5.91 Å². The van der Waals surface area contributed by atoms with Crippen LogP contribution in [0.1, 0.15) is 45.9 Å². The second kappa shape index (κ2) is 6.21. The number of amides is 1. The topological polar surface area (TPSA) is 33.2 Å². The SMILES string of the molecule is Cc1ccc(C2CCCN2C(=O)c2cncc(Br)c2)cc1C. The van der Waals surface area contributed by atoms with Crippen LogP contribution in [0, 0.1) is 13.8 Å². The molecule has 114 valence electrons. The highest BCUT2D eigenvalue weighted by molar-refractivity contribution is 9.10. The number of nitrogens with zero attached hydrogens (tertiary/aromatic N) is 2. The van der Waals surface area contributed by atoms with Crippen molar-refractivity contribution in [2.24, 2.45) is 0 Å². The van der Waals surface area contributed by atoms with E-state index >= 15 is 0 Å². The molecule has 1 aromatic carbocycles. The van der Waals surface area contributed by atoms with Crippen LogP contribution in [0.4, 0.5) is 0 Å². The van der Waals surface area contributed by atoms with Crippen LogP contribution < -0.4 is 0 Å².